The van der Waals surface area contributed by atoms with Crippen LogP contribution in [0.15, 0.2) is 18.2 Å². The van der Waals surface area contributed by atoms with E-state index in [9.17, 15) is 9.59 Å². The molecule has 0 bridgehead atoms. The van der Waals surface area contributed by atoms with E-state index in [1.54, 1.807) is 25.1 Å². The fourth-order valence-corrected chi connectivity index (χ4v) is 4.29. The second-order valence-electron chi connectivity index (χ2n) is 8.54. The Kier molecular flexibility index (Phi) is 6.16. The number of amides is 2. The molecule has 6 nitrogen and oxygen atoms in total. The van der Waals surface area contributed by atoms with Crippen LogP contribution in [0.1, 0.15) is 55.8 Å². The summed E-state index contributed by atoms with van der Waals surface area (Å²) in [6.07, 6.45) is 6.48. The van der Waals surface area contributed by atoms with Gasteiger partial charge in [0.25, 0.3) is 5.91 Å². The van der Waals surface area contributed by atoms with Crippen LogP contribution in [0.4, 0.5) is 5.69 Å². The molecule has 0 radical (unpaired) electrons. The minimum absolute atomic E-state index is 0.0410. The molecule has 0 spiro atoms. The van der Waals surface area contributed by atoms with Crippen molar-refractivity contribution in [3.05, 3.63) is 23.8 Å². The molecule has 2 amide bonds. The van der Waals surface area contributed by atoms with Gasteiger partial charge in [-0.1, -0.05) is 19.8 Å². The first-order valence-corrected chi connectivity index (χ1v) is 10.3. The molecule has 1 aromatic rings. The van der Waals surface area contributed by atoms with Crippen molar-refractivity contribution in [3.63, 3.8) is 0 Å². The Balaban J connectivity index is 1.61. The summed E-state index contributed by atoms with van der Waals surface area (Å²) in [7, 11) is 5.44. The molecule has 154 valence electrons. The minimum Gasteiger partial charge on any atom is -0.489 e. The number of fused-ring (bicyclic) bond motifs is 1. The van der Waals surface area contributed by atoms with Crippen LogP contribution in [0.2, 0.25) is 0 Å². The van der Waals surface area contributed by atoms with Crippen LogP contribution in [0.3, 0.4) is 0 Å². The molecular formula is C22H33N3O3. The average molecular weight is 388 g/mol. The van der Waals surface area contributed by atoms with E-state index >= 15 is 0 Å². The second kappa shape index (κ2) is 8.41. The number of hydrogen-bond acceptors (Lipinski definition) is 4. The van der Waals surface area contributed by atoms with Gasteiger partial charge in [-0.25, -0.2) is 0 Å². The van der Waals surface area contributed by atoms with E-state index in [-0.39, 0.29) is 17.9 Å². The Morgan fingerprint density at radius 2 is 2.07 bits per heavy atom. The zero-order chi connectivity index (χ0) is 20.3. The van der Waals surface area contributed by atoms with Gasteiger partial charge in [-0.05, 0) is 42.9 Å². The highest BCUT2D eigenvalue weighted by Crippen LogP contribution is 2.44. The standard InChI is InChI=1S/C22H33N3O3/c1-5-9-22(10-6-11-22)15-23-20(26)13-17-14-28-19-8-7-16(21(27)24(2)3)12-18(19)25(17)4/h7-8,12,17H,5-6,9-11,13-15H2,1-4H3,(H,23,26)/t17-/m1/s1. The summed E-state index contributed by atoms with van der Waals surface area (Å²) in [6.45, 7) is 3.47. The molecule has 1 fully saturated rings. The Morgan fingerprint density at radius 3 is 2.68 bits per heavy atom. The van der Waals surface area contributed by atoms with Crippen molar-refractivity contribution in [3.8, 4) is 5.75 Å². The average Bonchev–Trinajstić information content (AvgIpc) is 2.65. The maximum absolute atomic E-state index is 12.6. The molecule has 1 aromatic carbocycles. The van der Waals surface area contributed by atoms with Gasteiger partial charge in [0.1, 0.15) is 12.4 Å². The Hall–Kier alpha value is -2.24. The number of rotatable bonds is 7. The van der Waals surface area contributed by atoms with Crippen LogP contribution >= 0.6 is 0 Å². The van der Waals surface area contributed by atoms with Crippen LogP contribution < -0.4 is 15.0 Å². The van der Waals surface area contributed by atoms with Gasteiger partial charge in [-0.15, -0.1) is 0 Å². The molecule has 3 rings (SSSR count). The molecule has 0 saturated heterocycles. The van der Waals surface area contributed by atoms with E-state index in [0.29, 0.717) is 24.0 Å². The van der Waals surface area contributed by atoms with Crippen molar-refractivity contribution >= 4 is 17.5 Å². The minimum atomic E-state index is -0.0437. The topological polar surface area (TPSA) is 61.9 Å². The number of hydrogen-bond donors (Lipinski definition) is 1. The highest BCUT2D eigenvalue weighted by Gasteiger charge is 2.36. The van der Waals surface area contributed by atoms with Crippen LogP contribution in [0, 0.1) is 5.41 Å². The first-order chi connectivity index (χ1) is 13.3. The quantitative estimate of drug-likeness (QED) is 0.781. The number of nitrogens with zero attached hydrogens (tertiary/aromatic N) is 2. The lowest BCUT2D eigenvalue weighted by atomic mass is 9.66. The smallest absolute Gasteiger partial charge is 0.253 e. The first kappa shape index (κ1) is 20.5. The fraction of sp³-hybridized carbons (Fsp3) is 0.636. The number of benzene rings is 1. The maximum atomic E-state index is 12.6. The van der Waals surface area contributed by atoms with Crippen LogP contribution in [0.25, 0.3) is 0 Å². The normalized spacial score (nSPS) is 19.9. The molecule has 2 aliphatic rings. The molecule has 1 aliphatic heterocycles. The van der Waals surface area contributed by atoms with Gasteiger partial charge < -0.3 is 19.9 Å². The predicted octanol–water partition coefficient (Wildman–Crippen LogP) is 3.06. The van der Waals surface area contributed by atoms with Crippen molar-refractivity contribution in [1.82, 2.24) is 10.2 Å². The molecule has 1 N–H and O–H groups in total. The van der Waals surface area contributed by atoms with Gasteiger partial charge in [-0.2, -0.15) is 0 Å². The number of anilines is 1. The first-order valence-electron chi connectivity index (χ1n) is 10.3. The van der Waals surface area contributed by atoms with Gasteiger partial charge in [-0.3, -0.25) is 9.59 Å². The van der Waals surface area contributed by atoms with Crippen LogP contribution in [0.5, 0.6) is 5.75 Å². The van der Waals surface area contributed by atoms with Gasteiger partial charge in [0.05, 0.1) is 18.2 Å². The summed E-state index contributed by atoms with van der Waals surface area (Å²) >= 11 is 0. The predicted molar refractivity (Wildman–Crippen MR) is 111 cm³/mol. The largest absolute Gasteiger partial charge is 0.489 e. The van der Waals surface area contributed by atoms with Crippen molar-refractivity contribution in [2.75, 3.05) is 39.2 Å². The van der Waals surface area contributed by atoms with E-state index in [2.05, 4.69) is 17.1 Å². The highest BCUT2D eigenvalue weighted by molar-refractivity contribution is 5.95. The van der Waals surface area contributed by atoms with E-state index in [1.165, 1.54) is 32.1 Å². The van der Waals surface area contributed by atoms with Crippen LogP contribution in [-0.4, -0.2) is 57.1 Å². The molecule has 1 heterocycles. The summed E-state index contributed by atoms with van der Waals surface area (Å²) < 4.78 is 5.87. The SMILES string of the molecule is CCCC1(CNC(=O)C[C@@H]2COc3ccc(C(=O)N(C)C)cc3N2C)CCC1. The number of ether oxygens (including phenoxy) is 1. The number of carbonyl (C=O) groups excluding carboxylic acids is 2. The second-order valence-corrected chi connectivity index (χ2v) is 8.54. The third kappa shape index (κ3) is 4.26. The Labute approximate surface area is 168 Å². The summed E-state index contributed by atoms with van der Waals surface area (Å²) in [5, 5.41) is 3.16. The summed E-state index contributed by atoms with van der Waals surface area (Å²) in [4.78, 5) is 28.5. The van der Waals surface area contributed by atoms with E-state index in [1.807, 2.05) is 19.2 Å². The summed E-state index contributed by atoms with van der Waals surface area (Å²) in [5.41, 5.74) is 1.81. The lowest BCUT2D eigenvalue weighted by Gasteiger charge is -2.42. The molecule has 1 atom stereocenters. The third-order valence-corrected chi connectivity index (χ3v) is 6.25. The maximum Gasteiger partial charge on any atom is 0.253 e. The molecule has 0 aromatic heterocycles. The van der Waals surface area contributed by atoms with E-state index < -0.39 is 0 Å². The lowest BCUT2D eigenvalue weighted by Crippen LogP contribution is -2.46. The van der Waals surface area contributed by atoms with Crippen LogP contribution in [-0.2, 0) is 4.79 Å². The monoisotopic (exact) mass is 387 g/mol. The van der Waals surface area contributed by atoms with Gasteiger partial charge in [0.15, 0.2) is 0 Å². The molecule has 1 aliphatic carbocycles. The molecular weight excluding hydrogens is 354 g/mol. The highest BCUT2D eigenvalue weighted by atomic mass is 16.5. The number of carbonyl (C=O) groups is 2. The van der Waals surface area contributed by atoms with E-state index in [4.69, 9.17) is 4.74 Å². The zero-order valence-electron chi connectivity index (χ0n) is 17.6. The van der Waals surface area contributed by atoms with Gasteiger partial charge in [0.2, 0.25) is 5.91 Å². The zero-order valence-corrected chi connectivity index (χ0v) is 17.6. The van der Waals surface area contributed by atoms with Crippen molar-refractivity contribution in [1.29, 1.82) is 0 Å². The number of nitrogens with one attached hydrogen (secondary N) is 1. The Morgan fingerprint density at radius 1 is 1.32 bits per heavy atom. The summed E-state index contributed by atoms with van der Waals surface area (Å²) in [5.74, 6) is 0.787. The summed E-state index contributed by atoms with van der Waals surface area (Å²) in [6, 6.07) is 5.44. The lowest BCUT2D eigenvalue weighted by molar-refractivity contribution is -0.122. The number of likely N-dealkylation sites (N-methyl/N-ethyl adjacent to an activating group) is 1. The fourth-order valence-electron chi connectivity index (χ4n) is 4.29. The third-order valence-electron chi connectivity index (χ3n) is 6.25. The molecule has 28 heavy (non-hydrogen) atoms. The van der Waals surface area contributed by atoms with Gasteiger partial charge >= 0.3 is 0 Å². The Bertz CT molecular complexity index is 728. The van der Waals surface area contributed by atoms with Gasteiger partial charge in [0, 0.05) is 33.3 Å². The molecule has 0 unspecified atom stereocenters. The van der Waals surface area contributed by atoms with Crippen molar-refractivity contribution < 1.29 is 14.3 Å². The molecule has 1 saturated carbocycles. The molecule has 6 heteroatoms. The van der Waals surface area contributed by atoms with Crippen molar-refractivity contribution in [2.24, 2.45) is 5.41 Å². The van der Waals surface area contributed by atoms with E-state index in [0.717, 1.165) is 18.0 Å². The van der Waals surface area contributed by atoms with Crippen molar-refractivity contribution in [2.45, 2.75) is 51.5 Å².